The van der Waals surface area contributed by atoms with Gasteiger partial charge in [0.05, 0.1) is 5.52 Å². The summed E-state index contributed by atoms with van der Waals surface area (Å²) in [5, 5.41) is 0. The Kier molecular flexibility index (Phi) is 2.08. The second-order valence-electron chi connectivity index (χ2n) is 4.07. The van der Waals surface area contributed by atoms with Gasteiger partial charge in [0, 0.05) is 5.69 Å². The quantitative estimate of drug-likeness (QED) is 0.667. The zero-order valence-corrected chi connectivity index (χ0v) is 9.44. The second kappa shape index (κ2) is 3.59. The molecule has 2 aromatic heterocycles. The molecule has 0 aliphatic carbocycles. The molecule has 0 aliphatic heterocycles. The molecule has 1 aromatic carbocycles. The van der Waals surface area contributed by atoms with Crippen molar-refractivity contribution in [2.45, 2.75) is 6.92 Å². The third kappa shape index (κ3) is 1.63. The van der Waals surface area contributed by atoms with E-state index in [1.54, 1.807) is 0 Å². The van der Waals surface area contributed by atoms with Gasteiger partial charge in [-0.1, -0.05) is 29.8 Å². The van der Waals surface area contributed by atoms with Crippen LogP contribution in [-0.4, -0.2) is 15.0 Å². The number of aromatic nitrogens is 3. The van der Waals surface area contributed by atoms with E-state index in [0.717, 1.165) is 22.3 Å². The largest absolute Gasteiger partial charge is 0.382 e. The number of rotatable bonds is 1. The second-order valence-corrected chi connectivity index (χ2v) is 4.07. The van der Waals surface area contributed by atoms with Gasteiger partial charge in [-0.15, -0.1) is 0 Å². The van der Waals surface area contributed by atoms with Gasteiger partial charge in [0.1, 0.15) is 11.8 Å². The van der Waals surface area contributed by atoms with Crippen LogP contribution in [0, 0.1) is 6.92 Å². The van der Waals surface area contributed by atoms with E-state index in [2.05, 4.69) is 46.1 Å². The van der Waals surface area contributed by atoms with E-state index in [1.165, 1.54) is 11.9 Å². The van der Waals surface area contributed by atoms with Crippen molar-refractivity contribution in [3.63, 3.8) is 0 Å². The number of aryl methyl sites for hydroxylation is 1. The van der Waals surface area contributed by atoms with Gasteiger partial charge >= 0.3 is 0 Å². The van der Waals surface area contributed by atoms with Crippen molar-refractivity contribution >= 4 is 16.9 Å². The van der Waals surface area contributed by atoms with Gasteiger partial charge in [-0.3, -0.25) is 0 Å². The first-order valence-corrected chi connectivity index (χ1v) is 5.40. The van der Waals surface area contributed by atoms with Crippen molar-refractivity contribution in [3.8, 4) is 11.3 Å². The van der Waals surface area contributed by atoms with Crippen LogP contribution < -0.4 is 5.73 Å². The summed E-state index contributed by atoms with van der Waals surface area (Å²) >= 11 is 0. The van der Waals surface area contributed by atoms with Crippen LogP contribution in [0.2, 0.25) is 0 Å². The van der Waals surface area contributed by atoms with Crippen LogP contribution in [0.5, 0.6) is 0 Å². The predicted molar refractivity (Wildman–Crippen MR) is 68.5 cm³/mol. The molecule has 2 heterocycles. The van der Waals surface area contributed by atoms with Gasteiger partial charge in [0.15, 0.2) is 5.82 Å². The summed E-state index contributed by atoms with van der Waals surface area (Å²) < 4.78 is 0. The highest BCUT2D eigenvalue weighted by atomic mass is 14.9. The van der Waals surface area contributed by atoms with Crippen LogP contribution in [0.25, 0.3) is 22.3 Å². The summed E-state index contributed by atoms with van der Waals surface area (Å²) in [6.45, 7) is 2.07. The van der Waals surface area contributed by atoms with Crippen LogP contribution in [0.15, 0.2) is 36.7 Å². The maximum Gasteiger partial charge on any atom is 0.151 e. The van der Waals surface area contributed by atoms with Crippen LogP contribution in [0.1, 0.15) is 5.56 Å². The molecule has 0 fully saturated rings. The minimum absolute atomic E-state index is 0.480. The Hall–Kier alpha value is -2.36. The van der Waals surface area contributed by atoms with Gasteiger partial charge in [-0.25, -0.2) is 9.97 Å². The molecule has 0 atom stereocenters. The summed E-state index contributed by atoms with van der Waals surface area (Å²) in [7, 11) is 0. The molecule has 0 unspecified atom stereocenters. The molecule has 0 spiro atoms. The van der Waals surface area contributed by atoms with Gasteiger partial charge in [-0.05, 0) is 18.6 Å². The fraction of sp³-hybridized carbons (Fsp3) is 0.0769. The monoisotopic (exact) mass is 224 g/mol. The average Bonchev–Trinajstić information content (AvgIpc) is 2.75. The number of hydrogen-bond donors (Lipinski definition) is 2. The highest BCUT2D eigenvalue weighted by molar-refractivity contribution is 5.89. The van der Waals surface area contributed by atoms with Crippen molar-refractivity contribution < 1.29 is 0 Å². The van der Waals surface area contributed by atoms with Crippen LogP contribution in [0.4, 0.5) is 5.82 Å². The summed E-state index contributed by atoms with van der Waals surface area (Å²) in [4.78, 5) is 11.4. The van der Waals surface area contributed by atoms with Crippen molar-refractivity contribution in [2.24, 2.45) is 0 Å². The summed E-state index contributed by atoms with van der Waals surface area (Å²) in [6.07, 6.45) is 1.48. The maximum absolute atomic E-state index is 5.79. The Balaban J connectivity index is 2.18. The Labute approximate surface area is 98.5 Å². The number of H-pyrrole nitrogens is 1. The van der Waals surface area contributed by atoms with Crippen molar-refractivity contribution in [3.05, 3.63) is 42.2 Å². The number of benzene rings is 1. The predicted octanol–water partition coefficient (Wildman–Crippen LogP) is 2.52. The third-order valence-electron chi connectivity index (χ3n) is 2.81. The van der Waals surface area contributed by atoms with E-state index in [9.17, 15) is 0 Å². The molecule has 17 heavy (non-hydrogen) atoms. The Morgan fingerprint density at radius 2 is 1.88 bits per heavy atom. The number of nitrogens with two attached hydrogens (primary N) is 1. The highest BCUT2D eigenvalue weighted by Gasteiger charge is 2.06. The Morgan fingerprint density at radius 3 is 2.59 bits per heavy atom. The zero-order valence-electron chi connectivity index (χ0n) is 9.44. The smallest absolute Gasteiger partial charge is 0.151 e. The van der Waals surface area contributed by atoms with E-state index in [-0.39, 0.29) is 0 Å². The lowest BCUT2D eigenvalue weighted by molar-refractivity contribution is 1.22. The molecule has 0 bridgehead atoms. The highest BCUT2D eigenvalue weighted by Crippen LogP contribution is 2.24. The van der Waals surface area contributed by atoms with Crippen molar-refractivity contribution in [2.75, 3.05) is 5.73 Å². The van der Waals surface area contributed by atoms with Gasteiger partial charge < -0.3 is 10.7 Å². The number of nitrogen functional groups attached to an aromatic ring is 1. The summed E-state index contributed by atoms with van der Waals surface area (Å²) in [6, 6.07) is 10.3. The molecule has 0 radical (unpaired) electrons. The summed E-state index contributed by atoms with van der Waals surface area (Å²) in [5.74, 6) is 0.480. The van der Waals surface area contributed by atoms with Crippen molar-refractivity contribution in [1.82, 2.24) is 15.0 Å². The molecule has 4 heteroatoms. The fourth-order valence-electron chi connectivity index (χ4n) is 1.85. The molecule has 4 nitrogen and oxygen atoms in total. The van der Waals surface area contributed by atoms with Crippen LogP contribution >= 0.6 is 0 Å². The summed E-state index contributed by atoms with van der Waals surface area (Å²) in [5.41, 5.74) is 10.8. The molecule has 0 saturated heterocycles. The van der Waals surface area contributed by atoms with Crippen molar-refractivity contribution in [1.29, 1.82) is 0 Å². The minimum Gasteiger partial charge on any atom is -0.382 e. The molecular weight excluding hydrogens is 212 g/mol. The Bertz CT molecular complexity index is 667. The number of fused-ring (bicyclic) bond motifs is 1. The molecule has 3 rings (SSSR count). The molecule has 0 aliphatic rings. The van der Waals surface area contributed by atoms with Gasteiger partial charge in [0.2, 0.25) is 0 Å². The normalized spacial score (nSPS) is 10.9. The molecule has 0 saturated carbocycles. The minimum atomic E-state index is 0.480. The zero-order chi connectivity index (χ0) is 11.8. The molecular formula is C13H12N4. The molecule has 84 valence electrons. The van der Waals surface area contributed by atoms with Crippen LogP contribution in [-0.2, 0) is 0 Å². The van der Waals surface area contributed by atoms with Crippen LogP contribution in [0.3, 0.4) is 0 Å². The standard InChI is InChI=1S/C13H12N4/c1-8-2-4-9(5-3-8)10-6-11-12(17-10)13(14)16-7-15-11/h2-7,17H,1H3,(H2,14,15,16). The number of anilines is 1. The maximum atomic E-state index is 5.79. The lowest BCUT2D eigenvalue weighted by atomic mass is 10.1. The number of aromatic amines is 1. The van der Waals surface area contributed by atoms with Gasteiger partial charge in [-0.2, -0.15) is 0 Å². The fourth-order valence-corrected chi connectivity index (χ4v) is 1.85. The molecule has 3 aromatic rings. The average molecular weight is 224 g/mol. The van der Waals surface area contributed by atoms with E-state index in [1.807, 2.05) is 6.07 Å². The number of hydrogen-bond acceptors (Lipinski definition) is 3. The first-order valence-electron chi connectivity index (χ1n) is 5.40. The molecule has 0 amide bonds. The lowest BCUT2D eigenvalue weighted by Crippen LogP contribution is -1.91. The molecule has 3 N–H and O–H groups in total. The van der Waals surface area contributed by atoms with E-state index in [0.29, 0.717) is 5.82 Å². The SMILES string of the molecule is Cc1ccc(-c2cc3ncnc(N)c3[nH]2)cc1. The number of nitrogens with zero attached hydrogens (tertiary/aromatic N) is 2. The number of nitrogens with one attached hydrogen (secondary N) is 1. The van der Waals surface area contributed by atoms with E-state index >= 15 is 0 Å². The Morgan fingerprint density at radius 1 is 1.12 bits per heavy atom. The van der Waals surface area contributed by atoms with Gasteiger partial charge in [0.25, 0.3) is 0 Å². The van der Waals surface area contributed by atoms with E-state index < -0.39 is 0 Å². The first-order chi connectivity index (χ1) is 8.24. The third-order valence-corrected chi connectivity index (χ3v) is 2.81. The lowest BCUT2D eigenvalue weighted by Gasteiger charge is -1.98. The topological polar surface area (TPSA) is 67.6 Å². The first kappa shape index (κ1) is 9.84. The van der Waals surface area contributed by atoms with E-state index in [4.69, 9.17) is 5.73 Å².